The topological polar surface area (TPSA) is 76.4 Å². The van der Waals surface area contributed by atoms with Crippen LogP contribution in [0.3, 0.4) is 0 Å². The first-order valence-corrected chi connectivity index (χ1v) is 9.17. The van der Waals surface area contributed by atoms with Crippen LogP contribution >= 0.6 is 0 Å². The lowest BCUT2D eigenvalue weighted by Crippen LogP contribution is -2.47. The van der Waals surface area contributed by atoms with Crippen molar-refractivity contribution >= 4 is 5.91 Å². The Kier molecular flexibility index (Phi) is 6.41. The number of methoxy groups -OCH3 is 1. The molecule has 0 radical (unpaired) electrons. The first kappa shape index (κ1) is 18.6. The summed E-state index contributed by atoms with van der Waals surface area (Å²) in [6, 6.07) is 9.84. The number of carbonyl (C=O) groups is 1. The second-order valence-electron chi connectivity index (χ2n) is 6.94. The third-order valence-electron chi connectivity index (χ3n) is 4.95. The van der Waals surface area contributed by atoms with Crippen LogP contribution in [0.15, 0.2) is 40.9 Å². The fourth-order valence-corrected chi connectivity index (χ4v) is 3.39. The number of piperidine rings is 1. The summed E-state index contributed by atoms with van der Waals surface area (Å²) in [7, 11) is 1.72. The summed E-state index contributed by atoms with van der Waals surface area (Å²) in [6.07, 6.45) is 4.61. The van der Waals surface area contributed by atoms with E-state index in [1.807, 2.05) is 30.3 Å². The summed E-state index contributed by atoms with van der Waals surface area (Å²) in [6.45, 7) is 3.27. The molecule has 0 unspecified atom stereocenters. The lowest BCUT2D eigenvalue weighted by atomic mass is 9.79. The Hall–Kier alpha value is -2.18. The lowest BCUT2D eigenvalue weighted by Gasteiger charge is -2.37. The minimum atomic E-state index is 0.0264. The molecule has 140 valence electrons. The number of aryl methyl sites for hydroxylation is 1. The molecule has 1 aromatic heterocycles. The molecule has 0 aliphatic carbocycles. The number of hydrogen-bond donors (Lipinski definition) is 2. The highest BCUT2D eigenvalue weighted by Crippen LogP contribution is 2.28. The smallest absolute Gasteiger partial charge is 0.220 e. The molecular weight excluding hydrogens is 330 g/mol. The molecule has 0 saturated carbocycles. The molecule has 1 fully saturated rings. The Morgan fingerprint density at radius 3 is 2.81 bits per heavy atom. The van der Waals surface area contributed by atoms with E-state index in [0.29, 0.717) is 31.9 Å². The second-order valence-corrected chi connectivity index (χ2v) is 6.94. The van der Waals surface area contributed by atoms with Gasteiger partial charge in [-0.3, -0.25) is 4.79 Å². The standard InChI is InChI=1S/C20H27N3O3/c1-25-15-20(9-11-21-12-10-20)14-23-18(24)7-8-19-22-13-17(26-19)16-5-3-2-4-6-16/h2-6,13,21H,7-12,14-15H2,1H3,(H,23,24). The van der Waals surface area contributed by atoms with E-state index in [0.717, 1.165) is 37.3 Å². The number of oxazole rings is 1. The molecule has 3 rings (SSSR count). The normalized spacial score (nSPS) is 16.3. The van der Waals surface area contributed by atoms with Gasteiger partial charge in [0, 0.05) is 37.5 Å². The van der Waals surface area contributed by atoms with Crippen molar-refractivity contribution < 1.29 is 13.9 Å². The molecule has 0 atom stereocenters. The summed E-state index contributed by atoms with van der Waals surface area (Å²) in [4.78, 5) is 16.5. The van der Waals surface area contributed by atoms with E-state index in [1.54, 1.807) is 13.3 Å². The van der Waals surface area contributed by atoms with Crippen LogP contribution in [0.2, 0.25) is 0 Å². The highest BCUT2D eigenvalue weighted by atomic mass is 16.5. The van der Waals surface area contributed by atoms with Gasteiger partial charge in [-0.15, -0.1) is 0 Å². The van der Waals surface area contributed by atoms with Gasteiger partial charge in [-0.05, 0) is 25.9 Å². The molecule has 2 N–H and O–H groups in total. The third-order valence-corrected chi connectivity index (χ3v) is 4.95. The Labute approximate surface area is 154 Å². The summed E-state index contributed by atoms with van der Waals surface area (Å²) in [5.41, 5.74) is 1.03. The number of carbonyl (C=O) groups excluding carboxylic acids is 1. The van der Waals surface area contributed by atoms with E-state index in [9.17, 15) is 4.79 Å². The van der Waals surface area contributed by atoms with Crippen molar-refractivity contribution in [2.75, 3.05) is 33.4 Å². The van der Waals surface area contributed by atoms with Crippen LogP contribution < -0.4 is 10.6 Å². The number of benzene rings is 1. The molecule has 1 aromatic carbocycles. The summed E-state index contributed by atoms with van der Waals surface area (Å²) in [5, 5.41) is 6.43. The highest BCUT2D eigenvalue weighted by Gasteiger charge is 2.32. The van der Waals surface area contributed by atoms with E-state index >= 15 is 0 Å². The Morgan fingerprint density at radius 1 is 1.31 bits per heavy atom. The van der Waals surface area contributed by atoms with Crippen molar-refractivity contribution in [1.29, 1.82) is 0 Å². The van der Waals surface area contributed by atoms with Gasteiger partial charge in [0.15, 0.2) is 11.7 Å². The zero-order valence-electron chi connectivity index (χ0n) is 15.3. The van der Waals surface area contributed by atoms with Crippen LogP contribution in [0.4, 0.5) is 0 Å². The molecule has 1 amide bonds. The molecule has 0 spiro atoms. The average Bonchev–Trinajstić information content (AvgIpc) is 3.16. The van der Waals surface area contributed by atoms with Crippen molar-refractivity contribution in [3.63, 3.8) is 0 Å². The van der Waals surface area contributed by atoms with E-state index in [2.05, 4.69) is 15.6 Å². The molecular formula is C20H27N3O3. The van der Waals surface area contributed by atoms with Crippen molar-refractivity contribution in [1.82, 2.24) is 15.6 Å². The fraction of sp³-hybridized carbons (Fsp3) is 0.500. The van der Waals surface area contributed by atoms with Crippen molar-refractivity contribution in [3.8, 4) is 11.3 Å². The molecule has 0 bridgehead atoms. The number of amides is 1. The predicted octanol–water partition coefficient (Wildman–Crippen LogP) is 2.41. The Balaban J connectivity index is 1.47. The van der Waals surface area contributed by atoms with Gasteiger partial charge in [0.25, 0.3) is 0 Å². The number of nitrogens with zero attached hydrogens (tertiary/aromatic N) is 1. The number of nitrogens with one attached hydrogen (secondary N) is 2. The minimum Gasteiger partial charge on any atom is -0.441 e. The molecule has 2 heterocycles. The van der Waals surface area contributed by atoms with Crippen LogP contribution in [-0.4, -0.2) is 44.2 Å². The van der Waals surface area contributed by atoms with E-state index < -0.39 is 0 Å². The third kappa shape index (κ3) is 4.93. The molecule has 2 aromatic rings. The van der Waals surface area contributed by atoms with Gasteiger partial charge in [-0.2, -0.15) is 0 Å². The number of ether oxygens (including phenoxy) is 1. The number of hydrogen-bond acceptors (Lipinski definition) is 5. The largest absolute Gasteiger partial charge is 0.441 e. The summed E-state index contributed by atoms with van der Waals surface area (Å²) >= 11 is 0. The second kappa shape index (κ2) is 8.96. The average molecular weight is 357 g/mol. The van der Waals surface area contributed by atoms with Crippen LogP contribution in [0.25, 0.3) is 11.3 Å². The van der Waals surface area contributed by atoms with Crippen molar-refractivity contribution in [2.24, 2.45) is 5.41 Å². The molecule has 6 heteroatoms. The summed E-state index contributed by atoms with van der Waals surface area (Å²) in [5.74, 6) is 1.35. The van der Waals surface area contributed by atoms with Gasteiger partial charge in [0.2, 0.25) is 5.91 Å². The Morgan fingerprint density at radius 2 is 2.08 bits per heavy atom. The summed E-state index contributed by atoms with van der Waals surface area (Å²) < 4.78 is 11.1. The van der Waals surface area contributed by atoms with Crippen LogP contribution in [0, 0.1) is 5.41 Å². The van der Waals surface area contributed by atoms with Gasteiger partial charge in [-0.25, -0.2) is 4.98 Å². The van der Waals surface area contributed by atoms with Gasteiger partial charge in [0.1, 0.15) is 0 Å². The number of aromatic nitrogens is 1. The fourth-order valence-electron chi connectivity index (χ4n) is 3.39. The lowest BCUT2D eigenvalue weighted by molar-refractivity contribution is -0.122. The van der Waals surface area contributed by atoms with Gasteiger partial charge in [0.05, 0.1) is 12.8 Å². The minimum absolute atomic E-state index is 0.0264. The SMILES string of the molecule is COCC1(CNC(=O)CCc2ncc(-c3ccccc3)o2)CCNCC1. The highest BCUT2D eigenvalue weighted by molar-refractivity contribution is 5.76. The quantitative estimate of drug-likeness (QED) is 0.759. The first-order chi connectivity index (χ1) is 12.7. The van der Waals surface area contributed by atoms with E-state index in [1.165, 1.54) is 0 Å². The maximum atomic E-state index is 12.2. The predicted molar refractivity (Wildman–Crippen MR) is 99.7 cm³/mol. The molecule has 1 saturated heterocycles. The van der Waals surface area contributed by atoms with Crippen molar-refractivity contribution in [3.05, 3.63) is 42.4 Å². The number of rotatable bonds is 8. The Bertz CT molecular complexity index is 688. The maximum absolute atomic E-state index is 12.2. The van der Waals surface area contributed by atoms with Gasteiger partial charge < -0.3 is 19.8 Å². The zero-order valence-corrected chi connectivity index (χ0v) is 15.3. The zero-order chi connectivity index (χ0) is 18.2. The van der Waals surface area contributed by atoms with E-state index in [4.69, 9.17) is 9.15 Å². The van der Waals surface area contributed by atoms with Gasteiger partial charge >= 0.3 is 0 Å². The van der Waals surface area contributed by atoms with Crippen LogP contribution in [0.5, 0.6) is 0 Å². The van der Waals surface area contributed by atoms with Crippen LogP contribution in [0.1, 0.15) is 25.2 Å². The molecule has 26 heavy (non-hydrogen) atoms. The van der Waals surface area contributed by atoms with Gasteiger partial charge in [-0.1, -0.05) is 30.3 Å². The van der Waals surface area contributed by atoms with Crippen molar-refractivity contribution in [2.45, 2.75) is 25.7 Å². The first-order valence-electron chi connectivity index (χ1n) is 9.17. The molecule has 1 aliphatic rings. The maximum Gasteiger partial charge on any atom is 0.220 e. The molecule has 6 nitrogen and oxygen atoms in total. The van der Waals surface area contributed by atoms with E-state index in [-0.39, 0.29) is 11.3 Å². The van der Waals surface area contributed by atoms with Crippen LogP contribution in [-0.2, 0) is 16.0 Å². The monoisotopic (exact) mass is 357 g/mol. The molecule has 1 aliphatic heterocycles.